The quantitative estimate of drug-likeness (QED) is 0.845. The maximum Gasteiger partial charge on any atom is 0.313 e. The molecule has 2 aromatic carbocycles. The minimum Gasteiger partial charge on any atom is -0.347 e. The van der Waals surface area contributed by atoms with Gasteiger partial charge in [-0.3, -0.25) is 9.59 Å². The van der Waals surface area contributed by atoms with Crippen molar-refractivity contribution >= 4 is 29.1 Å². The molecule has 5 heteroatoms. The highest BCUT2D eigenvalue weighted by Crippen LogP contribution is 2.14. The van der Waals surface area contributed by atoms with Crippen molar-refractivity contribution in [3.05, 3.63) is 64.2 Å². The summed E-state index contributed by atoms with van der Waals surface area (Å²) in [4.78, 5) is 23.7. The maximum absolute atomic E-state index is 11.9. The maximum atomic E-state index is 11.9. The fraction of sp³-hybridized carbons (Fsp3) is 0.222. The van der Waals surface area contributed by atoms with E-state index in [1.54, 1.807) is 18.2 Å². The second-order valence-corrected chi connectivity index (χ2v) is 5.82. The molecule has 2 amide bonds. The van der Waals surface area contributed by atoms with Crippen LogP contribution in [0.15, 0.2) is 42.5 Å². The molecule has 0 aliphatic rings. The molecule has 0 fully saturated rings. The summed E-state index contributed by atoms with van der Waals surface area (Å²) >= 11 is 5.81. The number of halogens is 1. The first kappa shape index (κ1) is 17.0. The molecule has 2 rings (SSSR count). The molecule has 0 spiro atoms. The normalized spacial score (nSPS) is 10.2. The molecule has 0 saturated carbocycles. The van der Waals surface area contributed by atoms with Crippen LogP contribution in [-0.2, 0) is 16.0 Å². The van der Waals surface area contributed by atoms with Gasteiger partial charge in [0.2, 0.25) is 0 Å². The van der Waals surface area contributed by atoms with E-state index in [4.69, 9.17) is 11.6 Å². The van der Waals surface area contributed by atoms with Gasteiger partial charge in [0.15, 0.2) is 0 Å². The Kier molecular flexibility index (Phi) is 5.77. The van der Waals surface area contributed by atoms with Crippen LogP contribution in [0.25, 0.3) is 0 Å². The highest BCUT2D eigenvalue weighted by Gasteiger charge is 2.13. The van der Waals surface area contributed by atoms with Crippen molar-refractivity contribution in [1.82, 2.24) is 5.32 Å². The number of aryl methyl sites for hydroxylation is 2. The SMILES string of the molecule is Cc1ccc(NC(=O)C(=O)NCCc2ccc(Cl)cc2)cc1C. The third-order valence-corrected chi connectivity index (χ3v) is 3.84. The van der Waals surface area contributed by atoms with Crippen LogP contribution in [0.3, 0.4) is 0 Å². The molecule has 2 N–H and O–H groups in total. The van der Waals surface area contributed by atoms with Crippen molar-refractivity contribution in [3.8, 4) is 0 Å². The van der Waals surface area contributed by atoms with E-state index >= 15 is 0 Å². The van der Waals surface area contributed by atoms with Gasteiger partial charge >= 0.3 is 11.8 Å². The third-order valence-electron chi connectivity index (χ3n) is 3.58. The fourth-order valence-corrected chi connectivity index (χ4v) is 2.18. The van der Waals surface area contributed by atoms with E-state index in [0.717, 1.165) is 16.7 Å². The summed E-state index contributed by atoms with van der Waals surface area (Å²) in [5.41, 5.74) is 3.86. The van der Waals surface area contributed by atoms with Gasteiger partial charge in [0, 0.05) is 17.3 Å². The number of amides is 2. The third kappa shape index (κ3) is 5.11. The molecule has 0 saturated heterocycles. The molecule has 0 heterocycles. The second-order valence-electron chi connectivity index (χ2n) is 5.39. The van der Waals surface area contributed by atoms with E-state index in [1.165, 1.54) is 0 Å². The zero-order chi connectivity index (χ0) is 16.8. The van der Waals surface area contributed by atoms with Gasteiger partial charge in [0.05, 0.1) is 0 Å². The van der Waals surface area contributed by atoms with Gasteiger partial charge < -0.3 is 10.6 Å². The van der Waals surface area contributed by atoms with Crippen molar-refractivity contribution in [2.24, 2.45) is 0 Å². The smallest absolute Gasteiger partial charge is 0.313 e. The Hall–Kier alpha value is -2.33. The lowest BCUT2D eigenvalue weighted by Crippen LogP contribution is -2.36. The summed E-state index contributed by atoms with van der Waals surface area (Å²) in [5.74, 6) is -1.30. The monoisotopic (exact) mass is 330 g/mol. The summed E-state index contributed by atoms with van der Waals surface area (Å²) in [6, 6.07) is 12.9. The van der Waals surface area contributed by atoms with Gasteiger partial charge in [0.1, 0.15) is 0 Å². The first-order chi connectivity index (χ1) is 11.0. The average molecular weight is 331 g/mol. The van der Waals surface area contributed by atoms with Gasteiger partial charge in [-0.15, -0.1) is 0 Å². The molecule has 0 unspecified atom stereocenters. The Balaban J connectivity index is 1.81. The minimum atomic E-state index is -0.663. The van der Waals surface area contributed by atoms with E-state index in [-0.39, 0.29) is 0 Å². The van der Waals surface area contributed by atoms with Crippen LogP contribution in [0.4, 0.5) is 5.69 Å². The molecule has 0 aliphatic heterocycles. The predicted molar refractivity (Wildman–Crippen MR) is 92.7 cm³/mol. The molecule has 0 atom stereocenters. The van der Waals surface area contributed by atoms with Crippen molar-refractivity contribution < 1.29 is 9.59 Å². The van der Waals surface area contributed by atoms with E-state index < -0.39 is 11.8 Å². The summed E-state index contributed by atoms with van der Waals surface area (Å²) in [6.07, 6.45) is 0.639. The van der Waals surface area contributed by atoms with E-state index in [1.807, 2.05) is 38.1 Å². The van der Waals surface area contributed by atoms with Crippen molar-refractivity contribution in [2.75, 3.05) is 11.9 Å². The predicted octanol–water partition coefficient (Wildman–Crippen LogP) is 3.25. The molecular formula is C18H19ClN2O2. The van der Waals surface area contributed by atoms with Crippen LogP contribution in [0.1, 0.15) is 16.7 Å². The Morgan fingerprint density at radius 3 is 2.30 bits per heavy atom. The number of carbonyl (C=O) groups excluding carboxylic acids is 2. The van der Waals surface area contributed by atoms with Crippen LogP contribution in [0, 0.1) is 13.8 Å². The Morgan fingerprint density at radius 2 is 1.65 bits per heavy atom. The lowest BCUT2D eigenvalue weighted by Gasteiger charge is -2.08. The second kappa shape index (κ2) is 7.79. The Bertz CT molecular complexity index is 711. The number of benzene rings is 2. The van der Waals surface area contributed by atoms with Crippen molar-refractivity contribution in [3.63, 3.8) is 0 Å². The first-order valence-corrected chi connectivity index (χ1v) is 7.74. The highest BCUT2D eigenvalue weighted by molar-refractivity contribution is 6.39. The summed E-state index contributed by atoms with van der Waals surface area (Å²) < 4.78 is 0. The van der Waals surface area contributed by atoms with Crippen LogP contribution in [0.2, 0.25) is 5.02 Å². The number of anilines is 1. The van der Waals surface area contributed by atoms with Crippen LogP contribution in [0.5, 0.6) is 0 Å². The summed E-state index contributed by atoms with van der Waals surface area (Å²) in [6.45, 7) is 4.34. The molecule has 4 nitrogen and oxygen atoms in total. The summed E-state index contributed by atoms with van der Waals surface area (Å²) in [5, 5.41) is 5.88. The Morgan fingerprint density at radius 1 is 0.957 bits per heavy atom. The minimum absolute atomic E-state index is 0.390. The highest BCUT2D eigenvalue weighted by atomic mass is 35.5. The van der Waals surface area contributed by atoms with Crippen molar-refractivity contribution in [2.45, 2.75) is 20.3 Å². The average Bonchev–Trinajstić information content (AvgIpc) is 2.52. The number of nitrogens with one attached hydrogen (secondary N) is 2. The van der Waals surface area contributed by atoms with E-state index in [9.17, 15) is 9.59 Å². The number of hydrogen-bond acceptors (Lipinski definition) is 2. The van der Waals surface area contributed by atoms with E-state index in [0.29, 0.717) is 23.7 Å². The molecule has 0 aromatic heterocycles. The topological polar surface area (TPSA) is 58.2 Å². The fourth-order valence-electron chi connectivity index (χ4n) is 2.06. The zero-order valence-corrected chi connectivity index (χ0v) is 13.9. The van der Waals surface area contributed by atoms with E-state index in [2.05, 4.69) is 10.6 Å². The van der Waals surface area contributed by atoms with Crippen molar-refractivity contribution in [1.29, 1.82) is 0 Å². The Labute approximate surface area is 140 Å². The zero-order valence-electron chi connectivity index (χ0n) is 13.2. The van der Waals surface area contributed by atoms with Gasteiger partial charge in [-0.1, -0.05) is 29.8 Å². The first-order valence-electron chi connectivity index (χ1n) is 7.36. The standard InChI is InChI=1S/C18H19ClN2O2/c1-12-3-8-16(11-13(12)2)21-18(23)17(22)20-10-9-14-4-6-15(19)7-5-14/h3-8,11H,9-10H2,1-2H3,(H,20,22)(H,21,23). The van der Waals surface area contributed by atoms with Gasteiger partial charge in [0.25, 0.3) is 0 Å². The van der Waals surface area contributed by atoms with Crippen LogP contribution < -0.4 is 10.6 Å². The van der Waals surface area contributed by atoms with Crippen LogP contribution >= 0.6 is 11.6 Å². The molecule has 0 radical (unpaired) electrons. The number of hydrogen-bond donors (Lipinski definition) is 2. The molecule has 2 aromatic rings. The molecular weight excluding hydrogens is 312 g/mol. The largest absolute Gasteiger partial charge is 0.347 e. The molecule has 23 heavy (non-hydrogen) atoms. The number of carbonyl (C=O) groups is 2. The van der Waals surface area contributed by atoms with Gasteiger partial charge in [-0.05, 0) is 61.2 Å². The number of rotatable bonds is 4. The lowest BCUT2D eigenvalue weighted by atomic mass is 10.1. The lowest BCUT2D eigenvalue weighted by molar-refractivity contribution is -0.136. The van der Waals surface area contributed by atoms with Crippen LogP contribution in [-0.4, -0.2) is 18.4 Å². The molecule has 0 aliphatic carbocycles. The summed E-state index contributed by atoms with van der Waals surface area (Å²) in [7, 11) is 0. The van der Waals surface area contributed by atoms with Gasteiger partial charge in [-0.25, -0.2) is 0 Å². The molecule has 120 valence electrons. The van der Waals surface area contributed by atoms with Gasteiger partial charge in [-0.2, -0.15) is 0 Å². The molecule has 0 bridgehead atoms.